The molecule has 0 saturated carbocycles. The molecule has 0 amide bonds. The lowest BCUT2D eigenvalue weighted by molar-refractivity contribution is -0.110. The van der Waals surface area contributed by atoms with E-state index in [1.165, 1.54) is 0 Å². The molecule has 0 bridgehead atoms. The molecule has 7 heavy (non-hydrogen) atoms. The van der Waals surface area contributed by atoms with Crippen LogP contribution < -0.4 is 0 Å². The molecule has 0 aliphatic carbocycles. The third-order valence-electron chi connectivity index (χ3n) is 0.733. The fourth-order valence-electron chi connectivity index (χ4n) is 0.409. The molecule has 1 nitrogen and oxygen atoms in total. The molecule has 0 aromatic carbocycles. The van der Waals surface area contributed by atoms with E-state index in [2.05, 4.69) is 0 Å². The highest BCUT2D eigenvalue weighted by molar-refractivity contribution is 7.58. The molecule has 0 radical (unpaired) electrons. The van der Waals surface area contributed by atoms with Gasteiger partial charge in [-0.1, -0.05) is 12.2 Å². The number of carbonyl (C=O) groups is 1. The first-order valence-corrected chi connectivity index (χ1v) is 3.08. The molecule has 0 N–H and O–H groups in total. The SMILES string of the molecule is O=C1CC=CC=P1. The average molecular weight is 112 g/mol. The molecule has 1 heterocycles. The number of rotatable bonds is 0. The average Bonchev–Trinajstić information content (AvgIpc) is 1.69. The summed E-state index contributed by atoms with van der Waals surface area (Å²) in [5, 5.41) is 0. The number of allylic oxidation sites excluding steroid dienone is 2. The van der Waals surface area contributed by atoms with Crippen molar-refractivity contribution in [1.29, 1.82) is 0 Å². The molecule has 1 aliphatic rings. The zero-order valence-electron chi connectivity index (χ0n) is 3.79. The van der Waals surface area contributed by atoms with Crippen LogP contribution in [0.1, 0.15) is 6.42 Å². The van der Waals surface area contributed by atoms with Gasteiger partial charge in [-0.15, -0.1) is 0 Å². The Morgan fingerprint density at radius 2 is 2.57 bits per heavy atom. The lowest BCUT2D eigenvalue weighted by Gasteiger charge is -1.87. The van der Waals surface area contributed by atoms with Crippen molar-refractivity contribution in [3.05, 3.63) is 12.2 Å². The van der Waals surface area contributed by atoms with E-state index in [0.717, 1.165) is 8.20 Å². The number of hydrogen-bond donors (Lipinski definition) is 0. The van der Waals surface area contributed by atoms with Crippen LogP contribution >= 0.6 is 8.20 Å². The quantitative estimate of drug-likeness (QED) is 0.430. The van der Waals surface area contributed by atoms with Crippen LogP contribution in [0.2, 0.25) is 0 Å². The number of hydrogen-bond acceptors (Lipinski definition) is 1. The summed E-state index contributed by atoms with van der Waals surface area (Å²) in [7, 11) is 0.846. The van der Waals surface area contributed by atoms with Crippen LogP contribution in [-0.4, -0.2) is 11.3 Å². The van der Waals surface area contributed by atoms with Gasteiger partial charge >= 0.3 is 0 Å². The van der Waals surface area contributed by atoms with E-state index in [0.29, 0.717) is 11.9 Å². The molecule has 36 valence electrons. The Labute approximate surface area is 43.8 Å². The summed E-state index contributed by atoms with van der Waals surface area (Å²) in [6.45, 7) is 0. The van der Waals surface area contributed by atoms with Gasteiger partial charge in [0.25, 0.3) is 0 Å². The minimum Gasteiger partial charge on any atom is -0.289 e. The molecule has 0 unspecified atom stereocenters. The normalized spacial score (nSPS) is 20.3. The second-order valence-corrected chi connectivity index (χ2v) is 2.36. The zero-order chi connectivity index (χ0) is 5.11. The second kappa shape index (κ2) is 2.04. The smallest absolute Gasteiger partial charge is 0.185 e. The van der Waals surface area contributed by atoms with Gasteiger partial charge in [-0.2, -0.15) is 0 Å². The minimum atomic E-state index is 0.294. The van der Waals surface area contributed by atoms with Crippen molar-refractivity contribution in [3.8, 4) is 0 Å². The van der Waals surface area contributed by atoms with E-state index in [1.807, 2.05) is 17.9 Å². The summed E-state index contributed by atoms with van der Waals surface area (Å²) in [5.41, 5.74) is 0.294. The van der Waals surface area contributed by atoms with Gasteiger partial charge in [0.05, 0.1) is 0 Å². The Hall–Kier alpha value is -0.420. The summed E-state index contributed by atoms with van der Waals surface area (Å²) in [4.78, 5) is 10.4. The Kier molecular flexibility index (Phi) is 1.38. The van der Waals surface area contributed by atoms with Crippen molar-refractivity contribution in [2.45, 2.75) is 6.42 Å². The predicted octanol–water partition coefficient (Wildman–Crippen LogP) is 1.22. The Balaban J connectivity index is 2.66. The molecule has 0 aromatic rings. The summed E-state index contributed by atoms with van der Waals surface area (Å²) < 4.78 is 0. The van der Waals surface area contributed by atoms with Gasteiger partial charge in [0.1, 0.15) is 0 Å². The van der Waals surface area contributed by atoms with Crippen molar-refractivity contribution >= 4 is 19.5 Å². The molecule has 0 atom stereocenters. The summed E-state index contributed by atoms with van der Waals surface area (Å²) >= 11 is 0. The van der Waals surface area contributed by atoms with Gasteiger partial charge in [-0.25, -0.2) is 0 Å². The van der Waals surface area contributed by atoms with Gasteiger partial charge in [0, 0.05) is 6.42 Å². The first-order valence-electron chi connectivity index (χ1n) is 2.11. The highest BCUT2D eigenvalue weighted by Gasteiger charge is 1.93. The first-order chi connectivity index (χ1) is 3.39. The molecule has 1 aliphatic heterocycles. The molecule has 0 saturated heterocycles. The lowest BCUT2D eigenvalue weighted by atomic mass is 10.4. The zero-order valence-corrected chi connectivity index (χ0v) is 4.69. The maximum Gasteiger partial charge on any atom is 0.185 e. The van der Waals surface area contributed by atoms with Gasteiger partial charge in [-0.3, -0.25) is 4.79 Å². The van der Waals surface area contributed by atoms with Crippen molar-refractivity contribution in [2.24, 2.45) is 0 Å². The van der Waals surface area contributed by atoms with Gasteiger partial charge in [0.15, 0.2) is 5.52 Å². The fourth-order valence-corrected chi connectivity index (χ4v) is 0.993. The molecular formula is C5H5OP. The topological polar surface area (TPSA) is 17.1 Å². The maximum atomic E-state index is 10.4. The lowest BCUT2D eigenvalue weighted by Crippen LogP contribution is -1.85. The van der Waals surface area contributed by atoms with E-state index in [1.54, 1.807) is 0 Å². The van der Waals surface area contributed by atoms with Crippen LogP contribution in [0.3, 0.4) is 0 Å². The van der Waals surface area contributed by atoms with E-state index in [9.17, 15) is 4.79 Å². The Morgan fingerprint density at radius 1 is 1.71 bits per heavy atom. The summed E-state index contributed by atoms with van der Waals surface area (Å²) in [5.74, 6) is 1.85. The second-order valence-electron chi connectivity index (χ2n) is 1.30. The van der Waals surface area contributed by atoms with E-state index >= 15 is 0 Å². The van der Waals surface area contributed by atoms with Crippen LogP contribution in [0.25, 0.3) is 0 Å². The van der Waals surface area contributed by atoms with E-state index < -0.39 is 0 Å². The van der Waals surface area contributed by atoms with Crippen molar-refractivity contribution in [3.63, 3.8) is 0 Å². The van der Waals surface area contributed by atoms with Gasteiger partial charge in [0.2, 0.25) is 0 Å². The predicted molar refractivity (Wildman–Crippen MR) is 31.7 cm³/mol. The van der Waals surface area contributed by atoms with Crippen LogP contribution in [0, 0.1) is 0 Å². The monoisotopic (exact) mass is 112 g/mol. The number of carbonyl (C=O) groups excluding carboxylic acids is 1. The molecule has 0 aromatic heterocycles. The minimum absolute atomic E-state index is 0.294. The van der Waals surface area contributed by atoms with Gasteiger partial charge in [-0.05, 0) is 14.0 Å². The standard InChI is InChI=1S/C5H5OP/c6-5-3-1-2-4-7-5/h1-2,4H,3H2. The molecule has 2 heteroatoms. The van der Waals surface area contributed by atoms with Crippen LogP contribution in [0.4, 0.5) is 0 Å². The van der Waals surface area contributed by atoms with Crippen LogP contribution in [0.5, 0.6) is 0 Å². The Bertz CT molecular complexity index is 135. The molecule has 0 spiro atoms. The fraction of sp³-hybridized carbons (Fsp3) is 0.200. The third kappa shape index (κ3) is 1.24. The van der Waals surface area contributed by atoms with Crippen molar-refractivity contribution in [2.75, 3.05) is 0 Å². The van der Waals surface area contributed by atoms with Gasteiger partial charge < -0.3 is 0 Å². The van der Waals surface area contributed by atoms with E-state index in [-0.39, 0.29) is 0 Å². The highest BCUT2D eigenvalue weighted by atomic mass is 31.1. The molecular weight excluding hydrogens is 107 g/mol. The highest BCUT2D eigenvalue weighted by Crippen LogP contribution is 2.05. The van der Waals surface area contributed by atoms with Crippen LogP contribution in [0.15, 0.2) is 12.2 Å². The third-order valence-corrected chi connectivity index (χ3v) is 1.52. The first kappa shape index (κ1) is 4.73. The molecule has 1 rings (SSSR count). The van der Waals surface area contributed by atoms with Crippen LogP contribution in [-0.2, 0) is 4.79 Å². The van der Waals surface area contributed by atoms with E-state index in [4.69, 9.17) is 0 Å². The van der Waals surface area contributed by atoms with Crippen molar-refractivity contribution < 1.29 is 4.79 Å². The molecule has 0 fully saturated rings. The largest absolute Gasteiger partial charge is 0.289 e. The maximum absolute atomic E-state index is 10.4. The van der Waals surface area contributed by atoms with Crippen molar-refractivity contribution in [1.82, 2.24) is 0 Å². The summed E-state index contributed by atoms with van der Waals surface area (Å²) in [6, 6.07) is 0. The Morgan fingerprint density at radius 3 is 2.86 bits per heavy atom. The summed E-state index contributed by atoms with van der Waals surface area (Å²) in [6.07, 6.45) is 4.42.